The largest absolute Gasteiger partial charge is 0.481 e. The minimum Gasteiger partial charge on any atom is -0.481 e. The second-order valence-electron chi connectivity index (χ2n) is 4.51. The maximum atomic E-state index is 13.1. The monoisotopic (exact) mass is 284 g/mol. The lowest BCUT2D eigenvalue weighted by Gasteiger charge is -2.17. The van der Waals surface area contributed by atoms with Crippen LogP contribution in [-0.4, -0.2) is 23.0 Å². The van der Waals surface area contributed by atoms with Gasteiger partial charge >= 0.3 is 17.9 Å². The topological polar surface area (TPSA) is 63.6 Å². The van der Waals surface area contributed by atoms with Crippen molar-refractivity contribution < 1.29 is 32.9 Å². The molecule has 1 atom stereocenters. The highest BCUT2D eigenvalue weighted by molar-refractivity contribution is 5.78. The van der Waals surface area contributed by atoms with Gasteiger partial charge in [-0.2, -0.15) is 8.78 Å². The zero-order valence-electron chi connectivity index (χ0n) is 10.8. The fourth-order valence-corrected chi connectivity index (χ4v) is 1.76. The highest BCUT2D eigenvalue weighted by Gasteiger charge is 2.45. The summed E-state index contributed by atoms with van der Waals surface area (Å²) in [5.41, 5.74) is 0. The summed E-state index contributed by atoms with van der Waals surface area (Å²) in [4.78, 5) is 23.8. The Morgan fingerprint density at radius 1 is 1.21 bits per heavy atom. The van der Waals surface area contributed by atoms with E-state index in [1.54, 1.807) is 0 Å². The minimum atomic E-state index is -4.11. The molecule has 0 aliphatic carbocycles. The number of alkyl halides is 2. The van der Waals surface area contributed by atoms with Crippen molar-refractivity contribution in [2.24, 2.45) is 5.92 Å². The molecular formula is C12H19F3O4. The summed E-state index contributed by atoms with van der Waals surface area (Å²) in [7, 11) is 0. The van der Waals surface area contributed by atoms with Gasteiger partial charge in [0.1, 0.15) is 0 Å². The van der Waals surface area contributed by atoms with Crippen LogP contribution in [0.2, 0.25) is 0 Å². The van der Waals surface area contributed by atoms with Crippen LogP contribution in [0.15, 0.2) is 0 Å². The van der Waals surface area contributed by atoms with Crippen molar-refractivity contribution in [2.45, 2.75) is 57.8 Å². The summed E-state index contributed by atoms with van der Waals surface area (Å²) >= 11 is 0. The summed E-state index contributed by atoms with van der Waals surface area (Å²) in [6, 6.07) is 0. The molecule has 0 heterocycles. The summed E-state index contributed by atoms with van der Waals surface area (Å²) < 4.78 is 37.6. The SMILES string of the molecule is CCCCCCCC(CC(F)(F)C(=O)OF)C(=O)O. The molecule has 0 aromatic rings. The lowest BCUT2D eigenvalue weighted by molar-refractivity contribution is -0.214. The lowest BCUT2D eigenvalue weighted by atomic mass is 9.94. The van der Waals surface area contributed by atoms with Gasteiger partial charge in [-0.05, 0) is 6.42 Å². The number of carboxylic acids is 1. The average molecular weight is 284 g/mol. The predicted octanol–water partition coefficient (Wildman–Crippen LogP) is 3.50. The van der Waals surface area contributed by atoms with Gasteiger partial charge in [0.25, 0.3) is 0 Å². The third-order valence-corrected chi connectivity index (χ3v) is 2.88. The first-order chi connectivity index (χ1) is 8.85. The maximum Gasteiger partial charge on any atom is 0.417 e. The van der Waals surface area contributed by atoms with Gasteiger partial charge in [-0.25, -0.2) is 9.74 Å². The normalized spacial score (nSPS) is 13.1. The van der Waals surface area contributed by atoms with Crippen LogP contribution in [0.5, 0.6) is 0 Å². The van der Waals surface area contributed by atoms with E-state index in [0.29, 0.717) is 6.42 Å². The Bertz CT molecular complexity index is 295. The van der Waals surface area contributed by atoms with E-state index in [9.17, 15) is 22.9 Å². The molecule has 0 amide bonds. The van der Waals surface area contributed by atoms with Gasteiger partial charge in [0, 0.05) is 10.9 Å². The van der Waals surface area contributed by atoms with E-state index < -0.39 is 30.2 Å². The second-order valence-corrected chi connectivity index (χ2v) is 4.51. The Hall–Kier alpha value is -1.27. The molecule has 7 heteroatoms. The molecule has 0 aliphatic rings. The fraction of sp³-hybridized carbons (Fsp3) is 0.833. The standard InChI is InChI=1S/C12H19F3O4/c1-2-3-4-5-6-7-9(10(16)17)8-12(13,14)11(18)19-15/h9H,2-8H2,1H3,(H,16,17). The first-order valence-electron chi connectivity index (χ1n) is 6.28. The number of carbonyl (C=O) groups excluding carboxylic acids is 1. The van der Waals surface area contributed by atoms with Crippen LogP contribution in [-0.2, 0) is 14.5 Å². The molecule has 0 spiro atoms. The molecule has 0 aromatic heterocycles. The van der Waals surface area contributed by atoms with Gasteiger partial charge in [0.15, 0.2) is 0 Å². The molecule has 112 valence electrons. The van der Waals surface area contributed by atoms with Crippen molar-refractivity contribution in [2.75, 3.05) is 0 Å². The zero-order chi connectivity index (χ0) is 14.9. The van der Waals surface area contributed by atoms with Crippen molar-refractivity contribution in [3.05, 3.63) is 0 Å². The number of halogens is 3. The fourth-order valence-electron chi connectivity index (χ4n) is 1.76. The van der Waals surface area contributed by atoms with E-state index in [4.69, 9.17) is 5.11 Å². The summed E-state index contributed by atoms with van der Waals surface area (Å²) in [6.45, 7) is 2.02. The number of rotatable bonds is 10. The van der Waals surface area contributed by atoms with Crippen LogP contribution in [0.4, 0.5) is 13.3 Å². The van der Waals surface area contributed by atoms with Crippen molar-refractivity contribution >= 4 is 11.9 Å². The van der Waals surface area contributed by atoms with Crippen LogP contribution in [0.3, 0.4) is 0 Å². The van der Waals surface area contributed by atoms with Crippen LogP contribution < -0.4 is 0 Å². The van der Waals surface area contributed by atoms with Gasteiger partial charge in [0.2, 0.25) is 0 Å². The first-order valence-corrected chi connectivity index (χ1v) is 6.28. The highest BCUT2D eigenvalue weighted by atomic mass is 19.3. The molecule has 1 unspecified atom stereocenters. The zero-order valence-corrected chi connectivity index (χ0v) is 10.8. The van der Waals surface area contributed by atoms with E-state index in [1.807, 2.05) is 6.92 Å². The Labute approximate surface area is 109 Å². The Kier molecular flexibility index (Phi) is 8.18. The molecule has 0 radical (unpaired) electrons. The van der Waals surface area contributed by atoms with Gasteiger partial charge in [-0.3, -0.25) is 4.79 Å². The molecular weight excluding hydrogens is 265 g/mol. The van der Waals surface area contributed by atoms with Gasteiger partial charge < -0.3 is 5.11 Å². The van der Waals surface area contributed by atoms with E-state index >= 15 is 0 Å². The molecule has 1 N–H and O–H groups in total. The van der Waals surface area contributed by atoms with Gasteiger partial charge in [0.05, 0.1) is 5.92 Å². The van der Waals surface area contributed by atoms with E-state index in [0.717, 1.165) is 25.7 Å². The minimum absolute atomic E-state index is 0.0359. The summed E-state index contributed by atoms with van der Waals surface area (Å²) in [5, 5.41) is 8.81. The van der Waals surface area contributed by atoms with Gasteiger partial charge in [-0.15, -0.1) is 0 Å². The molecule has 0 rings (SSSR count). The van der Waals surface area contributed by atoms with Crippen LogP contribution in [0.25, 0.3) is 0 Å². The predicted molar refractivity (Wildman–Crippen MR) is 61.3 cm³/mol. The Morgan fingerprint density at radius 2 is 1.79 bits per heavy atom. The highest BCUT2D eigenvalue weighted by Crippen LogP contribution is 2.28. The van der Waals surface area contributed by atoms with Crippen molar-refractivity contribution in [3.8, 4) is 0 Å². The molecule has 0 aliphatic heterocycles. The Balaban J connectivity index is 4.26. The maximum absolute atomic E-state index is 13.1. The number of aliphatic carboxylic acids is 1. The summed E-state index contributed by atoms with van der Waals surface area (Å²) in [6.07, 6.45) is 2.96. The van der Waals surface area contributed by atoms with Crippen LogP contribution in [0, 0.1) is 5.92 Å². The molecule has 0 aromatic carbocycles. The van der Waals surface area contributed by atoms with Gasteiger partial charge in [-0.1, -0.05) is 39.0 Å². The quantitative estimate of drug-likeness (QED) is 0.624. The molecule has 4 nitrogen and oxygen atoms in total. The number of hydrogen-bond donors (Lipinski definition) is 1. The number of unbranched alkanes of at least 4 members (excludes halogenated alkanes) is 4. The molecule has 0 saturated carbocycles. The summed E-state index contributed by atoms with van der Waals surface area (Å²) in [5.74, 6) is -9.25. The van der Waals surface area contributed by atoms with Crippen LogP contribution >= 0.6 is 0 Å². The first kappa shape index (κ1) is 17.7. The van der Waals surface area contributed by atoms with Crippen molar-refractivity contribution in [1.82, 2.24) is 0 Å². The lowest BCUT2D eigenvalue weighted by Crippen LogP contribution is -2.34. The van der Waals surface area contributed by atoms with Crippen molar-refractivity contribution in [3.63, 3.8) is 0 Å². The molecule has 0 saturated heterocycles. The third kappa shape index (κ3) is 7.03. The second kappa shape index (κ2) is 8.77. The van der Waals surface area contributed by atoms with E-state index in [2.05, 4.69) is 4.94 Å². The number of hydrogen-bond acceptors (Lipinski definition) is 3. The Morgan fingerprint density at radius 3 is 2.26 bits per heavy atom. The number of carbonyl (C=O) groups is 2. The molecule has 19 heavy (non-hydrogen) atoms. The average Bonchev–Trinajstić information content (AvgIpc) is 2.35. The third-order valence-electron chi connectivity index (χ3n) is 2.88. The number of carboxylic acid groups (broad SMARTS) is 1. The van der Waals surface area contributed by atoms with E-state index in [1.165, 1.54) is 0 Å². The molecule has 0 fully saturated rings. The smallest absolute Gasteiger partial charge is 0.417 e. The van der Waals surface area contributed by atoms with Crippen molar-refractivity contribution in [1.29, 1.82) is 0 Å². The molecule has 0 bridgehead atoms. The van der Waals surface area contributed by atoms with Crippen LogP contribution in [0.1, 0.15) is 51.9 Å². The van der Waals surface area contributed by atoms with E-state index in [-0.39, 0.29) is 6.42 Å².